The Kier molecular flexibility index (Phi) is 4.87. The average molecular weight is 368 g/mol. The van der Waals surface area contributed by atoms with Crippen molar-refractivity contribution in [1.82, 2.24) is 4.98 Å². The van der Waals surface area contributed by atoms with Crippen LogP contribution in [0.15, 0.2) is 59.4 Å². The van der Waals surface area contributed by atoms with Crippen LogP contribution >= 0.6 is 11.8 Å². The molecule has 1 N–H and O–H groups in total. The number of ketones is 1. The third kappa shape index (κ3) is 3.24. The van der Waals surface area contributed by atoms with Gasteiger partial charge in [0.1, 0.15) is 5.03 Å². The molecule has 1 aliphatic rings. The molecule has 6 heteroatoms. The van der Waals surface area contributed by atoms with E-state index in [1.807, 2.05) is 30.1 Å². The molecule has 5 nitrogen and oxygen atoms in total. The normalized spacial score (nSPS) is 16.6. The summed E-state index contributed by atoms with van der Waals surface area (Å²) < 4.78 is 0. The second kappa shape index (κ2) is 6.96. The Balaban J connectivity index is 1.79. The van der Waals surface area contributed by atoms with Crippen molar-refractivity contribution >= 4 is 29.2 Å². The standard InChI is InChI=1S/C20H20N2O3S/c1-20(2)15-8-4-5-9-16(15)22(3)17(20)11-13(23)12-26-18-14(19(24)25)7-6-10-21-18/h4-11H,12H2,1-3H3,(H,24,25). The van der Waals surface area contributed by atoms with E-state index in [2.05, 4.69) is 24.9 Å². The van der Waals surface area contributed by atoms with Crippen LogP contribution in [0.3, 0.4) is 0 Å². The second-order valence-corrected chi connectivity index (χ2v) is 7.61. The fourth-order valence-electron chi connectivity index (χ4n) is 3.26. The van der Waals surface area contributed by atoms with Crippen LogP contribution in [-0.4, -0.2) is 34.6 Å². The fourth-order valence-corrected chi connectivity index (χ4v) is 4.07. The van der Waals surface area contributed by atoms with Crippen molar-refractivity contribution in [3.05, 3.63) is 65.5 Å². The molecular formula is C20H20N2O3S. The molecule has 1 aliphatic heterocycles. The van der Waals surface area contributed by atoms with Crippen LogP contribution < -0.4 is 4.90 Å². The van der Waals surface area contributed by atoms with Gasteiger partial charge in [-0.1, -0.05) is 43.8 Å². The molecular weight excluding hydrogens is 348 g/mol. The van der Waals surface area contributed by atoms with Crippen molar-refractivity contribution in [2.75, 3.05) is 17.7 Å². The maximum Gasteiger partial charge on any atom is 0.338 e. The number of para-hydroxylation sites is 1. The molecule has 0 radical (unpaired) electrons. The van der Waals surface area contributed by atoms with Gasteiger partial charge in [0.05, 0.1) is 11.3 Å². The number of hydrogen-bond donors (Lipinski definition) is 1. The number of aromatic nitrogens is 1. The zero-order valence-corrected chi connectivity index (χ0v) is 15.7. The Bertz CT molecular complexity index is 905. The summed E-state index contributed by atoms with van der Waals surface area (Å²) in [4.78, 5) is 29.9. The zero-order valence-electron chi connectivity index (χ0n) is 14.9. The highest BCUT2D eigenvalue weighted by Gasteiger charge is 2.38. The Morgan fingerprint density at radius 1 is 1.23 bits per heavy atom. The van der Waals surface area contributed by atoms with Crippen molar-refractivity contribution in [2.45, 2.75) is 24.3 Å². The summed E-state index contributed by atoms with van der Waals surface area (Å²) in [6, 6.07) is 11.2. The van der Waals surface area contributed by atoms with E-state index in [0.717, 1.165) is 23.1 Å². The molecule has 2 heterocycles. The van der Waals surface area contributed by atoms with Gasteiger partial charge in [-0.15, -0.1) is 0 Å². The van der Waals surface area contributed by atoms with Gasteiger partial charge in [0, 0.05) is 36.1 Å². The number of anilines is 1. The largest absolute Gasteiger partial charge is 0.478 e. The predicted octanol–water partition coefficient (Wildman–Crippen LogP) is 3.75. The topological polar surface area (TPSA) is 70.5 Å². The maximum atomic E-state index is 12.5. The third-order valence-electron chi connectivity index (χ3n) is 4.59. The first-order valence-corrected chi connectivity index (χ1v) is 9.20. The van der Waals surface area contributed by atoms with Crippen LogP contribution in [0.25, 0.3) is 0 Å². The Morgan fingerprint density at radius 3 is 2.65 bits per heavy atom. The number of aromatic carboxylic acids is 1. The Hall–Kier alpha value is -2.60. The van der Waals surface area contributed by atoms with E-state index in [0.29, 0.717) is 5.03 Å². The van der Waals surface area contributed by atoms with Gasteiger partial charge in [-0.3, -0.25) is 4.79 Å². The van der Waals surface area contributed by atoms with Crippen LogP contribution in [0.1, 0.15) is 29.8 Å². The van der Waals surface area contributed by atoms with E-state index in [1.54, 1.807) is 12.1 Å². The first kappa shape index (κ1) is 18.2. The molecule has 0 saturated heterocycles. The monoisotopic (exact) mass is 368 g/mol. The molecule has 1 aromatic carbocycles. The molecule has 134 valence electrons. The Morgan fingerprint density at radius 2 is 1.96 bits per heavy atom. The van der Waals surface area contributed by atoms with Gasteiger partial charge in [0.2, 0.25) is 0 Å². The minimum absolute atomic E-state index is 0.0697. The van der Waals surface area contributed by atoms with E-state index in [9.17, 15) is 14.7 Å². The summed E-state index contributed by atoms with van der Waals surface area (Å²) in [5.41, 5.74) is 3.07. The van der Waals surface area contributed by atoms with Gasteiger partial charge in [-0.25, -0.2) is 9.78 Å². The number of likely N-dealkylation sites (N-methyl/N-ethyl adjacent to an activating group) is 1. The van der Waals surface area contributed by atoms with Gasteiger partial charge < -0.3 is 10.0 Å². The molecule has 0 fully saturated rings. The van der Waals surface area contributed by atoms with Crippen molar-refractivity contribution in [1.29, 1.82) is 0 Å². The molecule has 26 heavy (non-hydrogen) atoms. The molecule has 0 amide bonds. The lowest BCUT2D eigenvalue weighted by molar-refractivity contribution is -0.112. The van der Waals surface area contributed by atoms with Gasteiger partial charge >= 0.3 is 5.97 Å². The number of carboxylic acid groups (broad SMARTS) is 1. The number of hydrogen-bond acceptors (Lipinski definition) is 5. The van der Waals surface area contributed by atoms with Crippen molar-refractivity contribution in [3.63, 3.8) is 0 Å². The number of carbonyl (C=O) groups excluding carboxylic acids is 1. The van der Waals surface area contributed by atoms with Crippen LogP contribution in [0.5, 0.6) is 0 Å². The summed E-state index contributed by atoms with van der Waals surface area (Å²) in [6.07, 6.45) is 3.19. The number of allylic oxidation sites excluding steroid dienone is 2. The smallest absolute Gasteiger partial charge is 0.338 e. The minimum Gasteiger partial charge on any atom is -0.478 e. The number of pyridine rings is 1. The first-order valence-electron chi connectivity index (χ1n) is 8.21. The number of fused-ring (bicyclic) bond motifs is 1. The molecule has 0 saturated carbocycles. The number of benzene rings is 1. The van der Waals surface area contributed by atoms with E-state index >= 15 is 0 Å². The fraction of sp³-hybridized carbons (Fsp3) is 0.250. The van der Waals surface area contributed by atoms with Crippen molar-refractivity contribution in [2.24, 2.45) is 0 Å². The van der Waals surface area contributed by atoms with Gasteiger partial charge in [-0.2, -0.15) is 0 Å². The van der Waals surface area contributed by atoms with Crippen LogP contribution in [-0.2, 0) is 10.2 Å². The summed E-state index contributed by atoms with van der Waals surface area (Å²) in [5.74, 6) is -0.973. The lowest BCUT2D eigenvalue weighted by Gasteiger charge is -2.23. The van der Waals surface area contributed by atoms with Crippen LogP contribution in [0.2, 0.25) is 0 Å². The number of carboxylic acids is 1. The molecule has 0 bridgehead atoms. The zero-order chi connectivity index (χ0) is 18.9. The molecule has 0 spiro atoms. The number of carbonyl (C=O) groups is 2. The Labute approximate surface area is 156 Å². The highest BCUT2D eigenvalue weighted by molar-refractivity contribution is 8.00. The number of nitrogens with zero attached hydrogens (tertiary/aromatic N) is 2. The molecule has 2 aromatic rings. The molecule has 1 aromatic heterocycles. The third-order valence-corrected chi connectivity index (χ3v) is 5.62. The van der Waals surface area contributed by atoms with E-state index in [-0.39, 0.29) is 22.5 Å². The molecule has 0 atom stereocenters. The first-order chi connectivity index (χ1) is 12.3. The number of thioether (sulfide) groups is 1. The predicted molar refractivity (Wildman–Crippen MR) is 103 cm³/mol. The molecule has 3 rings (SSSR count). The lowest BCUT2D eigenvalue weighted by atomic mass is 9.83. The SMILES string of the molecule is CN1C(=CC(=O)CSc2ncccc2C(=O)O)C(C)(C)c2ccccc21. The van der Waals surface area contributed by atoms with Crippen LogP contribution in [0.4, 0.5) is 5.69 Å². The van der Waals surface area contributed by atoms with E-state index in [4.69, 9.17) is 0 Å². The molecule has 0 aliphatic carbocycles. The van der Waals surface area contributed by atoms with Gasteiger partial charge in [0.25, 0.3) is 0 Å². The summed E-state index contributed by atoms with van der Waals surface area (Å²) in [5, 5.41) is 9.56. The van der Waals surface area contributed by atoms with Crippen LogP contribution in [0, 0.1) is 0 Å². The quantitative estimate of drug-likeness (QED) is 0.640. The highest BCUT2D eigenvalue weighted by Crippen LogP contribution is 2.46. The second-order valence-electron chi connectivity index (χ2n) is 6.65. The van der Waals surface area contributed by atoms with Crippen molar-refractivity contribution < 1.29 is 14.7 Å². The van der Waals surface area contributed by atoms with Gasteiger partial charge in [0.15, 0.2) is 5.78 Å². The lowest BCUT2D eigenvalue weighted by Crippen LogP contribution is -2.24. The summed E-state index contributed by atoms with van der Waals surface area (Å²) in [7, 11) is 1.96. The average Bonchev–Trinajstić information content (AvgIpc) is 2.81. The highest BCUT2D eigenvalue weighted by atomic mass is 32.2. The summed E-state index contributed by atoms with van der Waals surface area (Å²) >= 11 is 1.15. The summed E-state index contributed by atoms with van der Waals surface area (Å²) in [6.45, 7) is 4.20. The van der Waals surface area contributed by atoms with E-state index in [1.165, 1.54) is 17.8 Å². The van der Waals surface area contributed by atoms with E-state index < -0.39 is 5.97 Å². The van der Waals surface area contributed by atoms with Gasteiger partial charge in [-0.05, 0) is 23.8 Å². The van der Waals surface area contributed by atoms with Crippen molar-refractivity contribution in [3.8, 4) is 0 Å². The molecule has 0 unspecified atom stereocenters. The maximum absolute atomic E-state index is 12.5. The number of rotatable bonds is 5. The minimum atomic E-state index is -1.04.